The number of ether oxygens (including phenoxy) is 1. The summed E-state index contributed by atoms with van der Waals surface area (Å²) in [5.74, 6) is 0. The fraction of sp³-hybridized carbons (Fsp3) is 0.143. The van der Waals surface area contributed by atoms with Gasteiger partial charge in [-0.25, -0.2) is 4.68 Å². The summed E-state index contributed by atoms with van der Waals surface area (Å²) in [5, 5.41) is 4.41. The fourth-order valence-electron chi connectivity index (χ4n) is 3.22. The number of hydrogen-bond donors (Lipinski definition) is 1. The molecule has 1 N–H and O–H groups in total. The average molecular weight is 430 g/mol. The number of halogens is 2. The lowest BCUT2D eigenvalue weighted by atomic mass is 10.2. The minimum Gasteiger partial charge on any atom is -0.371 e. The topological polar surface area (TPSA) is 69.0 Å². The van der Waals surface area contributed by atoms with Gasteiger partial charge in [-0.05, 0) is 29.8 Å². The van der Waals surface area contributed by atoms with Crippen molar-refractivity contribution in [3.05, 3.63) is 96.6 Å². The molecule has 0 bridgehead atoms. The van der Waals surface area contributed by atoms with E-state index in [0.717, 1.165) is 5.56 Å². The van der Waals surface area contributed by atoms with Crippen LogP contribution in [0, 0.1) is 0 Å². The molecule has 2 aromatic heterocycles. The molecule has 0 saturated carbocycles. The highest BCUT2D eigenvalue weighted by molar-refractivity contribution is 6.32. The third-order valence-electron chi connectivity index (χ3n) is 4.70. The van der Waals surface area contributed by atoms with E-state index in [1.54, 1.807) is 37.4 Å². The van der Waals surface area contributed by atoms with Crippen molar-refractivity contribution in [2.45, 2.75) is 13.2 Å². The zero-order chi connectivity index (χ0) is 20.5. The number of nitrogens with zero attached hydrogens (tertiary/aromatic N) is 2. The van der Waals surface area contributed by atoms with Crippen molar-refractivity contribution in [3.63, 3.8) is 0 Å². The van der Waals surface area contributed by atoms with E-state index < -0.39 is 0 Å². The van der Waals surface area contributed by atoms with E-state index in [2.05, 4.69) is 5.10 Å². The standard InChI is InChI=1S/C21H17Cl2N3O3/c1-25-18(12-29-11-13-5-4-6-14(22)9-13)20-16(10-19(25)27)24-26(21(20)28)17-8-3-2-7-15(17)23/h2-10,24H,11-12H2,1H3. The van der Waals surface area contributed by atoms with Crippen LogP contribution in [-0.4, -0.2) is 14.3 Å². The molecule has 6 nitrogen and oxygen atoms in total. The summed E-state index contributed by atoms with van der Waals surface area (Å²) >= 11 is 12.2. The molecular formula is C21H17Cl2N3O3. The minimum atomic E-state index is -0.301. The highest BCUT2D eigenvalue weighted by Crippen LogP contribution is 2.20. The van der Waals surface area contributed by atoms with E-state index >= 15 is 0 Å². The quantitative estimate of drug-likeness (QED) is 0.520. The number of aromatic nitrogens is 3. The molecule has 0 aliphatic carbocycles. The van der Waals surface area contributed by atoms with Gasteiger partial charge in [-0.1, -0.05) is 47.5 Å². The molecule has 0 unspecified atom stereocenters. The van der Waals surface area contributed by atoms with Crippen LogP contribution in [0.5, 0.6) is 0 Å². The first kappa shape index (κ1) is 19.5. The lowest BCUT2D eigenvalue weighted by Crippen LogP contribution is -2.22. The highest BCUT2D eigenvalue weighted by atomic mass is 35.5. The van der Waals surface area contributed by atoms with Crippen molar-refractivity contribution in [1.29, 1.82) is 0 Å². The number of pyridine rings is 1. The molecule has 2 heterocycles. The number of fused-ring (bicyclic) bond motifs is 1. The van der Waals surface area contributed by atoms with Crippen LogP contribution in [0.4, 0.5) is 0 Å². The lowest BCUT2D eigenvalue weighted by molar-refractivity contribution is 0.103. The summed E-state index contributed by atoms with van der Waals surface area (Å²) in [6, 6.07) is 15.7. The second-order valence-electron chi connectivity index (χ2n) is 6.60. The van der Waals surface area contributed by atoms with Crippen LogP contribution in [0.15, 0.2) is 64.2 Å². The van der Waals surface area contributed by atoms with Crippen molar-refractivity contribution in [1.82, 2.24) is 14.3 Å². The van der Waals surface area contributed by atoms with Gasteiger partial charge in [0.15, 0.2) is 0 Å². The van der Waals surface area contributed by atoms with Crippen molar-refractivity contribution in [2.75, 3.05) is 0 Å². The van der Waals surface area contributed by atoms with Gasteiger partial charge in [-0.2, -0.15) is 0 Å². The van der Waals surface area contributed by atoms with Crippen molar-refractivity contribution in [2.24, 2.45) is 7.05 Å². The number of aromatic amines is 1. The van der Waals surface area contributed by atoms with Crippen LogP contribution in [0.25, 0.3) is 16.6 Å². The molecule has 0 spiro atoms. The maximum Gasteiger partial charge on any atom is 0.281 e. The maximum absolute atomic E-state index is 13.1. The molecule has 4 aromatic rings. The van der Waals surface area contributed by atoms with Crippen LogP contribution < -0.4 is 11.1 Å². The zero-order valence-corrected chi connectivity index (χ0v) is 17.0. The van der Waals surface area contributed by atoms with Gasteiger partial charge in [0.1, 0.15) is 0 Å². The molecule has 2 aromatic carbocycles. The number of H-pyrrole nitrogens is 1. The monoisotopic (exact) mass is 429 g/mol. The molecule has 0 atom stereocenters. The van der Waals surface area contributed by atoms with E-state index in [9.17, 15) is 9.59 Å². The van der Waals surface area contributed by atoms with E-state index in [-0.39, 0.29) is 17.7 Å². The normalized spacial score (nSPS) is 11.3. The molecule has 0 aliphatic rings. The average Bonchev–Trinajstić information content (AvgIpc) is 3.01. The van der Waals surface area contributed by atoms with Crippen LogP contribution >= 0.6 is 23.2 Å². The summed E-state index contributed by atoms with van der Waals surface area (Å²) < 4.78 is 8.56. The Morgan fingerprint density at radius 2 is 1.79 bits per heavy atom. The second-order valence-corrected chi connectivity index (χ2v) is 7.45. The number of para-hydroxylation sites is 1. The number of hydrogen-bond acceptors (Lipinski definition) is 3. The Bertz CT molecular complexity index is 1320. The molecule has 4 rings (SSSR count). The van der Waals surface area contributed by atoms with Crippen LogP contribution in [-0.2, 0) is 25.0 Å². The molecule has 0 amide bonds. The summed E-state index contributed by atoms with van der Waals surface area (Å²) in [5.41, 5.74) is 1.78. The van der Waals surface area contributed by atoms with Crippen LogP contribution in [0.2, 0.25) is 10.0 Å². The first-order valence-electron chi connectivity index (χ1n) is 8.86. The minimum absolute atomic E-state index is 0.0885. The summed E-state index contributed by atoms with van der Waals surface area (Å²) in [4.78, 5) is 25.5. The third kappa shape index (κ3) is 3.74. The lowest BCUT2D eigenvalue weighted by Gasteiger charge is -2.10. The van der Waals surface area contributed by atoms with Gasteiger partial charge in [-0.3, -0.25) is 14.7 Å². The summed E-state index contributed by atoms with van der Waals surface area (Å²) in [7, 11) is 1.62. The Morgan fingerprint density at radius 1 is 1.00 bits per heavy atom. The molecule has 0 fully saturated rings. The van der Waals surface area contributed by atoms with Crippen molar-refractivity contribution >= 4 is 34.1 Å². The smallest absolute Gasteiger partial charge is 0.281 e. The maximum atomic E-state index is 13.1. The van der Waals surface area contributed by atoms with Gasteiger partial charge in [-0.15, -0.1) is 0 Å². The fourth-order valence-corrected chi connectivity index (χ4v) is 3.66. The van der Waals surface area contributed by atoms with Crippen molar-refractivity contribution < 1.29 is 4.74 Å². The van der Waals surface area contributed by atoms with Gasteiger partial charge in [0, 0.05) is 18.1 Å². The highest BCUT2D eigenvalue weighted by Gasteiger charge is 2.17. The molecule has 0 saturated heterocycles. The van der Waals surface area contributed by atoms with Gasteiger partial charge < -0.3 is 9.30 Å². The third-order valence-corrected chi connectivity index (χ3v) is 5.26. The number of rotatable bonds is 5. The van der Waals surface area contributed by atoms with Gasteiger partial charge >= 0.3 is 0 Å². The first-order chi connectivity index (χ1) is 14.0. The Hall–Kier alpha value is -2.80. The Morgan fingerprint density at radius 3 is 2.55 bits per heavy atom. The van der Waals surface area contributed by atoms with Gasteiger partial charge in [0.25, 0.3) is 11.1 Å². The van der Waals surface area contributed by atoms with Gasteiger partial charge in [0.2, 0.25) is 0 Å². The molecular weight excluding hydrogens is 413 g/mol. The zero-order valence-electron chi connectivity index (χ0n) is 15.5. The largest absolute Gasteiger partial charge is 0.371 e. The predicted octanol–water partition coefficient (Wildman–Crippen LogP) is 4.04. The van der Waals surface area contributed by atoms with E-state index in [1.165, 1.54) is 15.3 Å². The molecule has 0 radical (unpaired) electrons. The van der Waals surface area contributed by atoms with E-state index in [1.807, 2.05) is 18.2 Å². The van der Waals surface area contributed by atoms with E-state index in [4.69, 9.17) is 27.9 Å². The van der Waals surface area contributed by atoms with Crippen LogP contribution in [0.3, 0.4) is 0 Å². The number of benzene rings is 2. The van der Waals surface area contributed by atoms with Crippen LogP contribution in [0.1, 0.15) is 11.3 Å². The molecule has 0 aliphatic heterocycles. The first-order valence-corrected chi connectivity index (χ1v) is 9.62. The Balaban J connectivity index is 1.75. The Kier molecular flexibility index (Phi) is 5.32. The molecule has 29 heavy (non-hydrogen) atoms. The predicted molar refractivity (Wildman–Crippen MR) is 114 cm³/mol. The second kappa shape index (κ2) is 7.91. The van der Waals surface area contributed by atoms with E-state index in [0.29, 0.717) is 38.9 Å². The SMILES string of the molecule is Cn1c(COCc2cccc(Cl)c2)c2c(=O)n(-c3ccccc3Cl)[nH]c2cc1=O. The Labute approximate surface area is 175 Å². The van der Waals surface area contributed by atoms with Crippen molar-refractivity contribution in [3.8, 4) is 5.69 Å². The summed E-state index contributed by atoms with van der Waals surface area (Å²) in [6.45, 7) is 0.388. The molecule has 8 heteroatoms. The number of nitrogens with one attached hydrogen (secondary N) is 1. The summed E-state index contributed by atoms with van der Waals surface area (Å²) in [6.07, 6.45) is 0. The molecule has 148 valence electrons. The van der Waals surface area contributed by atoms with Gasteiger partial charge in [0.05, 0.1) is 40.5 Å².